The van der Waals surface area contributed by atoms with Crippen LogP contribution in [0.3, 0.4) is 0 Å². The van der Waals surface area contributed by atoms with E-state index in [2.05, 4.69) is 0 Å². The fraction of sp³-hybridized carbons (Fsp3) is 1.00. The van der Waals surface area contributed by atoms with E-state index in [0.29, 0.717) is 0 Å². The van der Waals surface area contributed by atoms with Gasteiger partial charge < -0.3 is 4.55 Å². The van der Waals surface area contributed by atoms with E-state index in [4.69, 9.17) is 0 Å². The quantitative estimate of drug-likeness (QED) is 0.487. The van der Waals surface area contributed by atoms with Gasteiger partial charge in [0, 0.05) is 11.3 Å². The van der Waals surface area contributed by atoms with E-state index in [-0.39, 0.29) is 0 Å². The summed E-state index contributed by atoms with van der Waals surface area (Å²) >= 11 is -2.72. The van der Waals surface area contributed by atoms with Crippen molar-refractivity contribution < 1.29 is 17.2 Å². The van der Waals surface area contributed by atoms with Gasteiger partial charge in [0.2, 0.25) is 10.0 Å². The average molecular weight is 158 g/mol. The molecule has 0 rings (SSSR count). The number of sulfonamides is 1. The smallest absolute Gasteiger partial charge is 0.218 e. The molecule has 1 atom stereocenters. The van der Waals surface area contributed by atoms with Crippen LogP contribution in [0.25, 0.3) is 0 Å². The number of nitrogens with one attached hydrogen (secondary N) is 1. The molecule has 0 saturated heterocycles. The largest absolute Gasteiger partial charge is 0.759 e. The second-order valence-electron chi connectivity index (χ2n) is 1.09. The summed E-state index contributed by atoms with van der Waals surface area (Å²) < 4.78 is 40.2. The van der Waals surface area contributed by atoms with Gasteiger partial charge in [-0.3, -0.25) is 4.21 Å². The summed E-state index contributed by atoms with van der Waals surface area (Å²) in [5.74, 6) is 0. The molecule has 1 unspecified atom stereocenters. The van der Waals surface area contributed by atoms with Crippen LogP contribution < -0.4 is 4.13 Å². The maximum absolute atomic E-state index is 9.94. The summed E-state index contributed by atoms with van der Waals surface area (Å²) in [5.41, 5.74) is 0. The molecule has 0 fully saturated rings. The maximum atomic E-state index is 9.94. The highest BCUT2D eigenvalue weighted by Crippen LogP contribution is 1.72. The maximum Gasteiger partial charge on any atom is 0.218 e. The molecule has 8 heavy (non-hydrogen) atoms. The van der Waals surface area contributed by atoms with E-state index < -0.39 is 21.3 Å². The van der Waals surface area contributed by atoms with Crippen molar-refractivity contribution in [2.75, 3.05) is 6.26 Å². The third kappa shape index (κ3) is 6.02. The SMILES string of the molecule is CS(=O)(=O)NS(=O)[O-]. The molecule has 0 aromatic carbocycles. The van der Waals surface area contributed by atoms with E-state index in [9.17, 15) is 17.2 Å². The summed E-state index contributed by atoms with van der Waals surface area (Å²) in [6, 6.07) is 0. The Balaban J connectivity index is 3.95. The van der Waals surface area contributed by atoms with Gasteiger partial charge in [0.25, 0.3) is 0 Å². The molecule has 0 aromatic rings. The number of rotatable bonds is 2. The van der Waals surface area contributed by atoms with Crippen LogP contribution in [0.5, 0.6) is 0 Å². The monoisotopic (exact) mass is 158 g/mol. The van der Waals surface area contributed by atoms with Crippen LogP contribution in [-0.2, 0) is 21.3 Å². The third-order valence-corrected chi connectivity index (χ3v) is 1.97. The zero-order valence-electron chi connectivity index (χ0n) is 3.95. The summed E-state index contributed by atoms with van der Waals surface area (Å²) in [6.07, 6.45) is 0.753. The summed E-state index contributed by atoms with van der Waals surface area (Å²) in [7, 11) is -3.59. The van der Waals surface area contributed by atoms with Crippen LogP contribution in [0.4, 0.5) is 0 Å². The Morgan fingerprint density at radius 3 is 2.00 bits per heavy atom. The molecular weight excluding hydrogens is 154 g/mol. The molecule has 0 heterocycles. The van der Waals surface area contributed by atoms with Crippen LogP contribution in [0.2, 0.25) is 0 Å². The molecule has 0 spiro atoms. The second kappa shape index (κ2) is 2.53. The Labute approximate surface area is 49.6 Å². The zero-order chi connectivity index (χ0) is 6.78. The lowest BCUT2D eigenvalue weighted by Gasteiger charge is -2.01. The van der Waals surface area contributed by atoms with Crippen molar-refractivity contribution >= 4 is 21.3 Å². The predicted molar refractivity (Wildman–Crippen MR) is 26.9 cm³/mol. The first-order chi connectivity index (χ1) is 3.42. The molecule has 7 heteroatoms. The average Bonchev–Trinajstić information content (AvgIpc) is 1.21. The van der Waals surface area contributed by atoms with Gasteiger partial charge in [-0.15, -0.1) is 4.13 Å². The Morgan fingerprint density at radius 2 is 2.00 bits per heavy atom. The van der Waals surface area contributed by atoms with Gasteiger partial charge in [0.05, 0.1) is 6.26 Å². The third-order valence-electron chi connectivity index (χ3n) is 0.219. The highest BCUT2D eigenvalue weighted by molar-refractivity contribution is 7.99. The van der Waals surface area contributed by atoms with Crippen molar-refractivity contribution in [3.8, 4) is 0 Å². The minimum absolute atomic E-state index is 0.753. The van der Waals surface area contributed by atoms with Crippen LogP contribution in [-0.4, -0.2) is 23.4 Å². The molecule has 0 aromatic heterocycles. The molecular formula is CH4NO4S2-. The van der Waals surface area contributed by atoms with Crippen LogP contribution in [0, 0.1) is 0 Å². The molecule has 0 aliphatic rings. The molecule has 0 saturated carbocycles. The lowest BCUT2D eigenvalue weighted by atomic mass is 12.0. The Kier molecular flexibility index (Phi) is 2.54. The fourth-order valence-corrected chi connectivity index (χ4v) is 1.11. The van der Waals surface area contributed by atoms with Gasteiger partial charge in [0.15, 0.2) is 0 Å². The van der Waals surface area contributed by atoms with Crippen molar-refractivity contribution in [2.24, 2.45) is 0 Å². The van der Waals surface area contributed by atoms with Gasteiger partial charge >= 0.3 is 0 Å². The van der Waals surface area contributed by atoms with E-state index in [1.807, 2.05) is 0 Å². The second-order valence-corrected chi connectivity index (χ2v) is 3.77. The Hall–Kier alpha value is 0.0200. The topological polar surface area (TPSA) is 86.3 Å². The van der Waals surface area contributed by atoms with Gasteiger partial charge in [0.1, 0.15) is 0 Å². The van der Waals surface area contributed by atoms with Crippen molar-refractivity contribution in [2.45, 2.75) is 0 Å². The van der Waals surface area contributed by atoms with E-state index in [1.165, 1.54) is 4.13 Å². The highest BCUT2D eigenvalue weighted by atomic mass is 32.3. The number of hydrogen-bond acceptors (Lipinski definition) is 4. The van der Waals surface area contributed by atoms with Crippen LogP contribution in [0.1, 0.15) is 0 Å². The summed E-state index contributed by atoms with van der Waals surface area (Å²) in [5, 5.41) is 0. The lowest BCUT2D eigenvalue weighted by Crippen LogP contribution is -2.23. The van der Waals surface area contributed by atoms with E-state index >= 15 is 0 Å². The first-order valence-electron chi connectivity index (χ1n) is 1.48. The normalized spacial score (nSPS) is 15.8. The molecule has 1 N–H and O–H groups in total. The van der Waals surface area contributed by atoms with Gasteiger partial charge in [-0.25, -0.2) is 8.42 Å². The van der Waals surface area contributed by atoms with Gasteiger partial charge in [-0.05, 0) is 0 Å². The van der Waals surface area contributed by atoms with Crippen molar-refractivity contribution in [3.63, 3.8) is 0 Å². The minimum atomic E-state index is -3.59. The zero-order valence-corrected chi connectivity index (χ0v) is 5.58. The summed E-state index contributed by atoms with van der Waals surface area (Å²) in [4.78, 5) is 0. The molecule has 50 valence electrons. The van der Waals surface area contributed by atoms with Crippen LogP contribution >= 0.6 is 0 Å². The van der Waals surface area contributed by atoms with Crippen LogP contribution in [0.15, 0.2) is 0 Å². The number of hydrogen-bond donors (Lipinski definition) is 1. The Bertz CT molecular complexity index is 180. The highest BCUT2D eigenvalue weighted by Gasteiger charge is 1.96. The van der Waals surface area contributed by atoms with Crippen molar-refractivity contribution in [1.29, 1.82) is 0 Å². The van der Waals surface area contributed by atoms with E-state index in [1.54, 1.807) is 0 Å². The molecule has 0 bridgehead atoms. The fourth-order valence-electron chi connectivity index (χ4n) is 0.124. The van der Waals surface area contributed by atoms with Crippen molar-refractivity contribution in [3.05, 3.63) is 0 Å². The van der Waals surface area contributed by atoms with E-state index in [0.717, 1.165) is 6.26 Å². The van der Waals surface area contributed by atoms with Gasteiger partial charge in [-0.1, -0.05) is 0 Å². The van der Waals surface area contributed by atoms with Gasteiger partial charge in [-0.2, -0.15) is 0 Å². The lowest BCUT2D eigenvalue weighted by molar-refractivity contribution is 0.530. The predicted octanol–water partition coefficient (Wildman–Crippen LogP) is -1.67. The standard InChI is InChI=1S/CH5NO4S2/c1-8(5,6)2-7(3)4/h2H,1H3,(H,3,4)/p-1. The minimum Gasteiger partial charge on any atom is -0.759 e. The molecule has 0 amide bonds. The molecule has 0 aliphatic heterocycles. The molecule has 0 radical (unpaired) electrons. The summed E-state index contributed by atoms with van der Waals surface area (Å²) in [6.45, 7) is 0. The molecule has 5 nitrogen and oxygen atoms in total. The van der Waals surface area contributed by atoms with Crippen molar-refractivity contribution in [1.82, 2.24) is 4.13 Å². The first-order valence-corrected chi connectivity index (χ1v) is 4.45. The first kappa shape index (κ1) is 8.02. The Morgan fingerprint density at radius 1 is 1.62 bits per heavy atom. The molecule has 0 aliphatic carbocycles.